The molecule has 17 heavy (non-hydrogen) atoms. The lowest BCUT2D eigenvalue weighted by Gasteiger charge is -2.32. The Morgan fingerprint density at radius 1 is 1.12 bits per heavy atom. The Labute approximate surface area is 105 Å². The van der Waals surface area contributed by atoms with Gasteiger partial charge in [-0.05, 0) is 25.2 Å². The zero-order valence-corrected chi connectivity index (χ0v) is 11.7. The quantitative estimate of drug-likeness (QED) is 0.821. The number of hydrogen-bond acceptors (Lipinski definition) is 3. The van der Waals surface area contributed by atoms with E-state index in [1.165, 1.54) is 6.42 Å². The predicted molar refractivity (Wildman–Crippen MR) is 69.1 cm³/mol. The van der Waals surface area contributed by atoms with Gasteiger partial charge in [-0.15, -0.1) is 0 Å². The Bertz CT molecular complexity index is 249. The highest BCUT2D eigenvalue weighted by Gasteiger charge is 2.37. The van der Waals surface area contributed by atoms with Crippen LogP contribution in [-0.4, -0.2) is 38.0 Å². The first-order valence-electron chi connectivity index (χ1n) is 6.95. The Kier molecular flexibility index (Phi) is 4.11. The van der Waals surface area contributed by atoms with Crippen LogP contribution in [0.5, 0.6) is 0 Å². The first-order chi connectivity index (χ1) is 7.98. The van der Waals surface area contributed by atoms with Crippen molar-refractivity contribution in [1.82, 2.24) is 5.32 Å². The van der Waals surface area contributed by atoms with Crippen LogP contribution in [0.3, 0.4) is 0 Å². The molecule has 0 aromatic heterocycles. The van der Waals surface area contributed by atoms with Gasteiger partial charge in [0.1, 0.15) is 0 Å². The fraction of sp³-hybridized carbons (Fsp3) is 1.00. The van der Waals surface area contributed by atoms with E-state index in [2.05, 4.69) is 33.0 Å². The lowest BCUT2D eigenvalue weighted by molar-refractivity contribution is 0.00626. The first-order valence-corrected chi connectivity index (χ1v) is 6.95. The van der Waals surface area contributed by atoms with E-state index in [1.807, 2.05) is 0 Å². The molecule has 0 aromatic rings. The molecule has 0 unspecified atom stereocenters. The highest BCUT2D eigenvalue weighted by Crippen LogP contribution is 2.34. The van der Waals surface area contributed by atoms with Crippen molar-refractivity contribution >= 4 is 0 Å². The third-order valence-electron chi connectivity index (χ3n) is 4.09. The Hall–Kier alpha value is -0.120. The van der Waals surface area contributed by atoms with Gasteiger partial charge in [0, 0.05) is 31.7 Å². The lowest BCUT2D eigenvalue weighted by Crippen LogP contribution is -2.42. The molecule has 3 heteroatoms. The zero-order valence-electron chi connectivity index (χ0n) is 11.7. The van der Waals surface area contributed by atoms with Gasteiger partial charge in [0.25, 0.3) is 0 Å². The van der Waals surface area contributed by atoms with Crippen molar-refractivity contribution in [3.63, 3.8) is 0 Å². The summed E-state index contributed by atoms with van der Waals surface area (Å²) >= 11 is 0. The zero-order chi connectivity index (χ0) is 12.5. The van der Waals surface area contributed by atoms with Crippen LogP contribution in [0, 0.1) is 11.3 Å². The summed E-state index contributed by atoms with van der Waals surface area (Å²) in [6, 6.07) is 0.538. The largest absolute Gasteiger partial charge is 0.377 e. The number of ether oxygens (including phenoxy) is 2. The molecule has 2 rings (SSSR count). The van der Waals surface area contributed by atoms with E-state index in [0.29, 0.717) is 24.2 Å². The average molecular weight is 241 g/mol. The van der Waals surface area contributed by atoms with Crippen LogP contribution in [0.1, 0.15) is 40.5 Å². The maximum absolute atomic E-state index is 5.90. The summed E-state index contributed by atoms with van der Waals surface area (Å²) in [5, 5.41) is 3.67. The minimum absolute atomic E-state index is 0.251. The fourth-order valence-electron chi connectivity index (χ4n) is 3.10. The molecule has 0 bridgehead atoms. The third-order valence-corrected chi connectivity index (χ3v) is 4.09. The minimum Gasteiger partial charge on any atom is -0.377 e. The van der Waals surface area contributed by atoms with Gasteiger partial charge < -0.3 is 14.8 Å². The van der Waals surface area contributed by atoms with Crippen LogP contribution in [-0.2, 0) is 9.47 Å². The summed E-state index contributed by atoms with van der Waals surface area (Å²) in [6.45, 7) is 11.9. The second kappa shape index (κ2) is 5.25. The highest BCUT2D eigenvalue weighted by atomic mass is 16.5. The number of rotatable bonds is 3. The van der Waals surface area contributed by atoms with Crippen LogP contribution < -0.4 is 5.32 Å². The van der Waals surface area contributed by atoms with Crippen LogP contribution in [0.2, 0.25) is 0 Å². The van der Waals surface area contributed by atoms with Crippen LogP contribution in [0.15, 0.2) is 0 Å². The van der Waals surface area contributed by atoms with Gasteiger partial charge in [-0.1, -0.05) is 20.8 Å². The molecule has 0 spiro atoms. The molecule has 0 aliphatic carbocycles. The Morgan fingerprint density at radius 2 is 1.82 bits per heavy atom. The Morgan fingerprint density at radius 3 is 2.41 bits per heavy atom. The van der Waals surface area contributed by atoms with Gasteiger partial charge in [-0.25, -0.2) is 0 Å². The number of nitrogens with one attached hydrogen (secondary N) is 1. The summed E-state index contributed by atoms with van der Waals surface area (Å²) in [6.07, 6.45) is 3.10. The second-order valence-corrected chi connectivity index (χ2v) is 6.59. The third kappa shape index (κ3) is 3.21. The second-order valence-electron chi connectivity index (χ2n) is 6.59. The molecule has 2 heterocycles. The van der Waals surface area contributed by atoms with Crippen molar-refractivity contribution in [3.8, 4) is 0 Å². The molecule has 3 nitrogen and oxygen atoms in total. The van der Waals surface area contributed by atoms with E-state index < -0.39 is 0 Å². The van der Waals surface area contributed by atoms with Gasteiger partial charge in [0.05, 0.1) is 12.2 Å². The molecule has 0 radical (unpaired) electrons. The molecule has 0 amide bonds. The minimum atomic E-state index is 0.251. The molecular formula is C14H27NO2. The molecule has 100 valence electrons. The van der Waals surface area contributed by atoms with E-state index in [9.17, 15) is 0 Å². The summed E-state index contributed by atoms with van der Waals surface area (Å²) < 4.78 is 11.5. The van der Waals surface area contributed by atoms with Crippen LogP contribution >= 0.6 is 0 Å². The van der Waals surface area contributed by atoms with Crippen LogP contribution in [0.25, 0.3) is 0 Å². The lowest BCUT2D eigenvalue weighted by atomic mass is 9.81. The van der Waals surface area contributed by atoms with Crippen molar-refractivity contribution in [1.29, 1.82) is 0 Å². The molecule has 2 aliphatic rings. The van der Waals surface area contributed by atoms with E-state index in [4.69, 9.17) is 9.47 Å². The molecule has 0 aromatic carbocycles. The average Bonchev–Trinajstić information content (AvgIpc) is 2.82. The smallest absolute Gasteiger partial charge is 0.0700 e. The summed E-state index contributed by atoms with van der Waals surface area (Å²) in [5.74, 6) is 0.655. The van der Waals surface area contributed by atoms with E-state index in [1.54, 1.807) is 0 Å². The van der Waals surface area contributed by atoms with Gasteiger partial charge in [0.15, 0.2) is 0 Å². The van der Waals surface area contributed by atoms with E-state index >= 15 is 0 Å². The van der Waals surface area contributed by atoms with Gasteiger partial charge >= 0.3 is 0 Å². The topological polar surface area (TPSA) is 30.5 Å². The normalized spacial score (nSPS) is 38.8. The molecular weight excluding hydrogens is 214 g/mol. The maximum Gasteiger partial charge on any atom is 0.0700 e. The fourth-order valence-corrected chi connectivity index (χ4v) is 3.10. The predicted octanol–water partition coefficient (Wildman–Crippen LogP) is 2.20. The molecule has 1 N–H and O–H groups in total. The van der Waals surface area contributed by atoms with Gasteiger partial charge in [0.2, 0.25) is 0 Å². The van der Waals surface area contributed by atoms with Crippen molar-refractivity contribution in [3.05, 3.63) is 0 Å². The van der Waals surface area contributed by atoms with E-state index in [0.717, 1.165) is 26.2 Å². The number of hydrogen-bond donors (Lipinski definition) is 1. The molecule has 2 aliphatic heterocycles. The van der Waals surface area contributed by atoms with Gasteiger partial charge in [-0.3, -0.25) is 0 Å². The summed E-state index contributed by atoms with van der Waals surface area (Å²) in [7, 11) is 0. The van der Waals surface area contributed by atoms with Crippen molar-refractivity contribution < 1.29 is 9.47 Å². The SMILES string of the molecule is C[C@@H]1OCC[C@H]1NC[C@H]1CCO[C@@H]1C(C)(C)C. The molecule has 4 atom stereocenters. The Balaban J connectivity index is 1.82. The van der Waals surface area contributed by atoms with Crippen molar-refractivity contribution in [2.45, 2.75) is 58.8 Å². The monoisotopic (exact) mass is 241 g/mol. The maximum atomic E-state index is 5.90. The molecule has 2 saturated heterocycles. The summed E-state index contributed by atoms with van der Waals surface area (Å²) in [4.78, 5) is 0. The molecule has 2 fully saturated rings. The van der Waals surface area contributed by atoms with Gasteiger partial charge in [-0.2, -0.15) is 0 Å². The van der Waals surface area contributed by atoms with Crippen molar-refractivity contribution in [2.24, 2.45) is 11.3 Å². The summed E-state index contributed by atoms with van der Waals surface area (Å²) in [5.41, 5.74) is 0.251. The highest BCUT2D eigenvalue weighted by molar-refractivity contribution is 4.88. The van der Waals surface area contributed by atoms with E-state index in [-0.39, 0.29) is 5.41 Å². The first kappa shape index (κ1) is 13.3. The standard InChI is InChI=1S/C14H27NO2/c1-10-12(6-8-16-10)15-9-11-5-7-17-13(11)14(2,3)4/h10-13,15H,5-9H2,1-4H3/t10-,11+,12+,13-/m0/s1. The van der Waals surface area contributed by atoms with Crippen molar-refractivity contribution in [2.75, 3.05) is 19.8 Å². The molecule has 0 saturated carbocycles. The van der Waals surface area contributed by atoms with Crippen LogP contribution in [0.4, 0.5) is 0 Å².